The average Bonchev–Trinajstić information content (AvgIpc) is 2.27. The minimum absolute atomic E-state index is 0.330. The fourth-order valence-electron chi connectivity index (χ4n) is 2.13. The maximum absolute atomic E-state index is 5.83. The molecule has 1 heterocycles. The first kappa shape index (κ1) is 11.6. The number of morpholine rings is 1. The number of aryl methyl sites for hydroxylation is 2. The highest BCUT2D eigenvalue weighted by Crippen LogP contribution is 2.15. The molecule has 88 valence electrons. The predicted molar refractivity (Wildman–Crippen MR) is 66.8 cm³/mol. The van der Waals surface area contributed by atoms with Crippen molar-refractivity contribution in [2.24, 2.45) is 0 Å². The molecule has 1 aliphatic rings. The van der Waals surface area contributed by atoms with Crippen molar-refractivity contribution in [1.82, 2.24) is 5.32 Å². The van der Waals surface area contributed by atoms with Crippen LogP contribution in [0.1, 0.15) is 23.6 Å². The highest BCUT2D eigenvalue weighted by Gasteiger charge is 2.18. The van der Waals surface area contributed by atoms with Gasteiger partial charge in [0.05, 0.1) is 12.7 Å². The van der Waals surface area contributed by atoms with E-state index in [1.54, 1.807) is 0 Å². The van der Waals surface area contributed by atoms with Gasteiger partial charge in [0.25, 0.3) is 0 Å². The zero-order valence-electron chi connectivity index (χ0n) is 10.4. The van der Waals surface area contributed by atoms with Crippen LogP contribution in [0.15, 0.2) is 18.2 Å². The van der Waals surface area contributed by atoms with Gasteiger partial charge in [0.2, 0.25) is 0 Å². The van der Waals surface area contributed by atoms with E-state index in [1.165, 1.54) is 16.7 Å². The quantitative estimate of drug-likeness (QED) is 0.823. The second kappa shape index (κ2) is 4.98. The van der Waals surface area contributed by atoms with Gasteiger partial charge in [-0.05, 0) is 31.9 Å². The lowest BCUT2D eigenvalue weighted by atomic mass is 9.99. The third kappa shape index (κ3) is 2.83. The van der Waals surface area contributed by atoms with Gasteiger partial charge in [-0.2, -0.15) is 0 Å². The summed E-state index contributed by atoms with van der Waals surface area (Å²) in [6, 6.07) is 7.14. The monoisotopic (exact) mass is 219 g/mol. The molecule has 0 spiro atoms. The average molecular weight is 219 g/mol. The number of ether oxygens (including phenoxy) is 1. The third-order valence-corrected chi connectivity index (χ3v) is 3.23. The van der Waals surface area contributed by atoms with Crippen LogP contribution in [0.3, 0.4) is 0 Å². The minimum Gasteiger partial charge on any atom is -0.375 e. The van der Waals surface area contributed by atoms with Crippen molar-refractivity contribution in [2.75, 3.05) is 13.2 Å². The number of rotatable bonds is 2. The molecule has 1 aromatic rings. The molecule has 1 N–H and O–H groups in total. The van der Waals surface area contributed by atoms with Gasteiger partial charge in [-0.15, -0.1) is 0 Å². The first-order chi connectivity index (χ1) is 7.65. The fourth-order valence-corrected chi connectivity index (χ4v) is 2.13. The Bertz CT molecular complexity index is 354. The van der Waals surface area contributed by atoms with Gasteiger partial charge in [-0.3, -0.25) is 0 Å². The smallest absolute Gasteiger partial charge is 0.0740 e. The maximum atomic E-state index is 5.83. The van der Waals surface area contributed by atoms with Crippen molar-refractivity contribution in [3.63, 3.8) is 0 Å². The minimum atomic E-state index is 0.330. The summed E-state index contributed by atoms with van der Waals surface area (Å²) in [5, 5.41) is 3.46. The van der Waals surface area contributed by atoms with E-state index in [-0.39, 0.29) is 0 Å². The first-order valence-corrected chi connectivity index (χ1v) is 6.06. The Labute approximate surface area is 98.0 Å². The predicted octanol–water partition coefficient (Wildman–Crippen LogP) is 2.22. The summed E-state index contributed by atoms with van der Waals surface area (Å²) in [6.45, 7) is 8.27. The summed E-state index contributed by atoms with van der Waals surface area (Å²) in [7, 11) is 0. The molecular formula is C14H21NO. The van der Waals surface area contributed by atoms with Gasteiger partial charge >= 0.3 is 0 Å². The number of hydrogen-bond donors (Lipinski definition) is 1. The summed E-state index contributed by atoms with van der Waals surface area (Å²) in [5.74, 6) is 0. The molecule has 0 aliphatic carbocycles. The zero-order chi connectivity index (χ0) is 11.5. The molecular weight excluding hydrogens is 198 g/mol. The van der Waals surface area contributed by atoms with Crippen molar-refractivity contribution in [3.8, 4) is 0 Å². The standard InChI is InChI=1S/C14H21NO/c1-10-4-5-11(2)13(6-10)7-14-8-15-12(3)9-16-14/h4-6,12,14-15H,7-9H2,1-3H3. The molecule has 0 radical (unpaired) electrons. The molecule has 2 nitrogen and oxygen atoms in total. The van der Waals surface area contributed by atoms with Crippen LogP contribution in [0, 0.1) is 13.8 Å². The Morgan fingerprint density at radius 3 is 2.88 bits per heavy atom. The molecule has 0 saturated carbocycles. The molecule has 1 saturated heterocycles. The SMILES string of the molecule is Cc1ccc(C)c(CC2CNC(C)CO2)c1. The van der Waals surface area contributed by atoms with E-state index in [4.69, 9.17) is 4.74 Å². The molecule has 1 aromatic carbocycles. The first-order valence-electron chi connectivity index (χ1n) is 6.06. The van der Waals surface area contributed by atoms with Gasteiger partial charge in [0, 0.05) is 19.0 Å². The Morgan fingerprint density at radius 2 is 2.19 bits per heavy atom. The lowest BCUT2D eigenvalue weighted by molar-refractivity contribution is 0.00874. The molecule has 2 atom stereocenters. The van der Waals surface area contributed by atoms with E-state index in [0.717, 1.165) is 19.6 Å². The zero-order valence-corrected chi connectivity index (χ0v) is 10.4. The summed E-state index contributed by atoms with van der Waals surface area (Å²) in [4.78, 5) is 0. The molecule has 2 unspecified atom stereocenters. The van der Waals surface area contributed by atoms with Gasteiger partial charge in [-0.1, -0.05) is 23.8 Å². The molecule has 0 bridgehead atoms. The van der Waals surface area contributed by atoms with Crippen LogP contribution >= 0.6 is 0 Å². The van der Waals surface area contributed by atoms with Crippen LogP contribution < -0.4 is 5.32 Å². The van der Waals surface area contributed by atoms with Gasteiger partial charge in [-0.25, -0.2) is 0 Å². The van der Waals surface area contributed by atoms with Crippen molar-refractivity contribution in [2.45, 2.75) is 39.3 Å². The molecule has 16 heavy (non-hydrogen) atoms. The van der Waals surface area contributed by atoms with Crippen LogP contribution in [-0.2, 0) is 11.2 Å². The van der Waals surface area contributed by atoms with E-state index in [1.807, 2.05) is 0 Å². The highest BCUT2D eigenvalue weighted by atomic mass is 16.5. The fraction of sp³-hybridized carbons (Fsp3) is 0.571. The lowest BCUT2D eigenvalue weighted by Crippen LogP contribution is -2.45. The van der Waals surface area contributed by atoms with Crippen LogP contribution in [0.2, 0.25) is 0 Å². The topological polar surface area (TPSA) is 21.3 Å². The summed E-state index contributed by atoms with van der Waals surface area (Å²) in [6.07, 6.45) is 1.35. The Morgan fingerprint density at radius 1 is 1.38 bits per heavy atom. The van der Waals surface area contributed by atoms with Crippen LogP contribution in [-0.4, -0.2) is 25.3 Å². The highest BCUT2D eigenvalue weighted by molar-refractivity contribution is 5.31. The van der Waals surface area contributed by atoms with Gasteiger partial charge in [0.15, 0.2) is 0 Å². The van der Waals surface area contributed by atoms with E-state index >= 15 is 0 Å². The molecule has 2 rings (SSSR count). The van der Waals surface area contributed by atoms with E-state index in [9.17, 15) is 0 Å². The van der Waals surface area contributed by atoms with Crippen molar-refractivity contribution in [3.05, 3.63) is 34.9 Å². The normalized spacial score (nSPS) is 25.7. The van der Waals surface area contributed by atoms with Crippen molar-refractivity contribution in [1.29, 1.82) is 0 Å². The Hall–Kier alpha value is -0.860. The van der Waals surface area contributed by atoms with Crippen LogP contribution in [0.25, 0.3) is 0 Å². The Kier molecular flexibility index (Phi) is 3.62. The maximum Gasteiger partial charge on any atom is 0.0740 e. The van der Waals surface area contributed by atoms with Gasteiger partial charge in [0.1, 0.15) is 0 Å². The largest absolute Gasteiger partial charge is 0.375 e. The second-order valence-corrected chi connectivity index (χ2v) is 4.90. The number of nitrogens with one attached hydrogen (secondary N) is 1. The van der Waals surface area contributed by atoms with Gasteiger partial charge < -0.3 is 10.1 Å². The van der Waals surface area contributed by atoms with E-state index in [0.29, 0.717) is 12.1 Å². The molecule has 0 aromatic heterocycles. The number of hydrogen-bond acceptors (Lipinski definition) is 2. The van der Waals surface area contributed by atoms with E-state index < -0.39 is 0 Å². The van der Waals surface area contributed by atoms with Crippen molar-refractivity contribution < 1.29 is 4.74 Å². The third-order valence-electron chi connectivity index (χ3n) is 3.23. The van der Waals surface area contributed by atoms with Crippen LogP contribution in [0.4, 0.5) is 0 Å². The number of benzene rings is 1. The summed E-state index contributed by atoms with van der Waals surface area (Å²) in [5.41, 5.74) is 4.12. The Balaban J connectivity index is 2.00. The summed E-state index contributed by atoms with van der Waals surface area (Å²) < 4.78 is 5.83. The summed E-state index contributed by atoms with van der Waals surface area (Å²) >= 11 is 0. The molecule has 1 aliphatic heterocycles. The van der Waals surface area contributed by atoms with Crippen molar-refractivity contribution >= 4 is 0 Å². The molecule has 0 amide bonds. The lowest BCUT2D eigenvalue weighted by Gasteiger charge is -2.28. The van der Waals surface area contributed by atoms with Crippen LogP contribution in [0.5, 0.6) is 0 Å². The second-order valence-electron chi connectivity index (χ2n) is 4.90. The van der Waals surface area contributed by atoms with E-state index in [2.05, 4.69) is 44.3 Å². The molecule has 1 fully saturated rings. The molecule has 2 heteroatoms.